The van der Waals surface area contributed by atoms with Gasteiger partial charge in [0, 0.05) is 13.7 Å². The number of hydrogen-bond acceptors (Lipinski definition) is 3. The van der Waals surface area contributed by atoms with E-state index in [1.54, 1.807) is 11.8 Å². The number of para-hydroxylation sites is 1. The predicted octanol–water partition coefficient (Wildman–Crippen LogP) is 2.54. The average molecular weight is 274 g/mol. The molecule has 0 bridgehead atoms. The van der Waals surface area contributed by atoms with Gasteiger partial charge in [0.1, 0.15) is 5.56 Å². The highest BCUT2D eigenvalue weighted by Crippen LogP contribution is 2.17. The number of nitrogens with zero attached hydrogens (tertiary/aromatic N) is 2. The van der Waals surface area contributed by atoms with Gasteiger partial charge in [-0.05, 0) is 31.4 Å². The topological polar surface area (TPSA) is 64.3 Å². The SMILES string of the molecule is COCCCCc1c(C(=O)O)cnn1-c1ccccc1. The van der Waals surface area contributed by atoms with Crippen molar-refractivity contribution >= 4 is 5.97 Å². The fourth-order valence-corrected chi connectivity index (χ4v) is 2.12. The van der Waals surface area contributed by atoms with Crippen LogP contribution in [0.1, 0.15) is 28.9 Å². The van der Waals surface area contributed by atoms with E-state index in [9.17, 15) is 9.90 Å². The lowest BCUT2D eigenvalue weighted by Crippen LogP contribution is -2.07. The van der Waals surface area contributed by atoms with Gasteiger partial charge >= 0.3 is 5.97 Å². The molecule has 0 fully saturated rings. The van der Waals surface area contributed by atoms with Gasteiger partial charge in [0.25, 0.3) is 0 Å². The smallest absolute Gasteiger partial charge is 0.339 e. The molecule has 0 saturated carbocycles. The zero-order valence-electron chi connectivity index (χ0n) is 11.5. The molecule has 1 N–H and O–H groups in total. The molecule has 20 heavy (non-hydrogen) atoms. The van der Waals surface area contributed by atoms with Crippen LogP contribution < -0.4 is 0 Å². The largest absolute Gasteiger partial charge is 0.478 e. The summed E-state index contributed by atoms with van der Waals surface area (Å²) in [5.74, 6) is -0.936. The maximum atomic E-state index is 11.3. The van der Waals surface area contributed by atoms with Crippen LogP contribution in [0.2, 0.25) is 0 Å². The monoisotopic (exact) mass is 274 g/mol. The Morgan fingerprint density at radius 3 is 2.70 bits per heavy atom. The van der Waals surface area contributed by atoms with Crippen LogP contribution in [0.5, 0.6) is 0 Å². The summed E-state index contributed by atoms with van der Waals surface area (Å²) in [6, 6.07) is 9.57. The van der Waals surface area contributed by atoms with Crippen LogP contribution in [0, 0.1) is 0 Å². The minimum Gasteiger partial charge on any atom is -0.478 e. The second-order valence-corrected chi connectivity index (χ2v) is 4.51. The number of carboxylic acid groups (broad SMARTS) is 1. The molecule has 1 heterocycles. The van der Waals surface area contributed by atoms with Crippen molar-refractivity contribution < 1.29 is 14.6 Å². The summed E-state index contributed by atoms with van der Waals surface area (Å²) in [5.41, 5.74) is 1.88. The van der Waals surface area contributed by atoms with Crippen LogP contribution in [0.3, 0.4) is 0 Å². The Hall–Kier alpha value is -2.14. The van der Waals surface area contributed by atoms with Gasteiger partial charge in [0.2, 0.25) is 0 Å². The molecule has 106 valence electrons. The summed E-state index contributed by atoms with van der Waals surface area (Å²) in [5, 5.41) is 13.5. The van der Waals surface area contributed by atoms with Crippen molar-refractivity contribution in [3.63, 3.8) is 0 Å². The number of methoxy groups -OCH3 is 1. The molecule has 0 aliphatic carbocycles. The lowest BCUT2D eigenvalue weighted by Gasteiger charge is -2.08. The van der Waals surface area contributed by atoms with E-state index >= 15 is 0 Å². The van der Waals surface area contributed by atoms with Gasteiger partial charge in [-0.3, -0.25) is 0 Å². The second kappa shape index (κ2) is 6.86. The zero-order chi connectivity index (χ0) is 14.4. The van der Waals surface area contributed by atoms with Crippen molar-refractivity contribution in [1.82, 2.24) is 9.78 Å². The van der Waals surface area contributed by atoms with Gasteiger partial charge in [-0.25, -0.2) is 9.48 Å². The van der Waals surface area contributed by atoms with E-state index in [-0.39, 0.29) is 5.56 Å². The van der Waals surface area contributed by atoms with Crippen molar-refractivity contribution in [3.05, 3.63) is 47.8 Å². The van der Waals surface area contributed by atoms with E-state index in [1.807, 2.05) is 30.3 Å². The molecule has 2 rings (SSSR count). The van der Waals surface area contributed by atoms with Gasteiger partial charge in [-0.2, -0.15) is 5.10 Å². The maximum Gasteiger partial charge on any atom is 0.339 e. The molecule has 1 aromatic carbocycles. The van der Waals surface area contributed by atoms with Crippen molar-refractivity contribution in [3.8, 4) is 5.69 Å². The van der Waals surface area contributed by atoms with Crippen LogP contribution in [-0.4, -0.2) is 34.6 Å². The molecule has 0 unspecified atom stereocenters. The Balaban J connectivity index is 2.26. The molecule has 0 aliphatic heterocycles. The third-order valence-corrected chi connectivity index (χ3v) is 3.11. The third kappa shape index (κ3) is 3.24. The Bertz CT molecular complexity index is 564. The van der Waals surface area contributed by atoms with Gasteiger partial charge in [-0.1, -0.05) is 18.2 Å². The number of carbonyl (C=O) groups is 1. The van der Waals surface area contributed by atoms with E-state index < -0.39 is 5.97 Å². The zero-order valence-corrected chi connectivity index (χ0v) is 11.5. The van der Waals surface area contributed by atoms with E-state index in [0.717, 1.165) is 24.2 Å². The van der Waals surface area contributed by atoms with Crippen molar-refractivity contribution in [2.75, 3.05) is 13.7 Å². The highest BCUT2D eigenvalue weighted by Gasteiger charge is 2.17. The van der Waals surface area contributed by atoms with Crippen molar-refractivity contribution in [2.45, 2.75) is 19.3 Å². The molecule has 5 nitrogen and oxygen atoms in total. The number of ether oxygens (including phenoxy) is 1. The lowest BCUT2D eigenvalue weighted by molar-refractivity contribution is 0.0695. The highest BCUT2D eigenvalue weighted by molar-refractivity contribution is 5.88. The molecule has 0 amide bonds. The number of aromatic carboxylic acids is 1. The highest BCUT2D eigenvalue weighted by atomic mass is 16.5. The summed E-state index contributed by atoms with van der Waals surface area (Å²) in [6.45, 7) is 0.682. The first-order valence-corrected chi connectivity index (χ1v) is 6.58. The molecule has 5 heteroatoms. The summed E-state index contributed by atoms with van der Waals surface area (Å²) in [7, 11) is 1.66. The Labute approximate surface area is 117 Å². The molecule has 0 aliphatic rings. The fourth-order valence-electron chi connectivity index (χ4n) is 2.12. The quantitative estimate of drug-likeness (QED) is 0.788. The van der Waals surface area contributed by atoms with E-state index in [2.05, 4.69) is 5.10 Å². The molecule has 2 aromatic rings. The van der Waals surface area contributed by atoms with Crippen LogP contribution in [0.4, 0.5) is 0 Å². The number of benzene rings is 1. The Morgan fingerprint density at radius 2 is 2.05 bits per heavy atom. The first-order chi connectivity index (χ1) is 9.74. The number of aromatic nitrogens is 2. The van der Waals surface area contributed by atoms with Gasteiger partial charge in [-0.15, -0.1) is 0 Å². The Kier molecular flexibility index (Phi) is 4.90. The molecular formula is C15H18N2O3. The molecule has 0 spiro atoms. The van der Waals surface area contributed by atoms with Gasteiger partial charge in [0.05, 0.1) is 17.6 Å². The number of rotatable bonds is 7. The summed E-state index contributed by atoms with van der Waals surface area (Å²) in [4.78, 5) is 11.3. The first kappa shape index (κ1) is 14.3. The third-order valence-electron chi connectivity index (χ3n) is 3.11. The summed E-state index contributed by atoms with van der Waals surface area (Å²) in [6.07, 6.45) is 3.85. The standard InChI is InChI=1S/C15H18N2O3/c1-20-10-6-5-9-14-13(15(18)19)11-16-17(14)12-7-3-2-4-8-12/h2-4,7-8,11H,5-6,9-10H2,1H3,(H,18,19). The van der Waals surface area contributed by atoms with Gasteiger partial charge < -0.3 is 9.84 Å². The number of unbranched alkanes of at least 4 members (excludes halogenated alkanes) is 1. The first-order valence-electron chi connectivity index (χ1n) is 6.58. The predicted molar refractivity (Wildman–Crippen MR) is 75.3 cm³/mol. The van der Waals surface area contributed by atoms with E-state index in [0.29, 0.717) is 13.0 Å². The molecule has 0 atom stereocenters. The average Bonchev–Trinajstić information content (AvgIpc) is 2.88. The normalized spacial score (nSPS) is 10.7. The van der Waals surface area contributed by atoms with Crippen LogP contribution in [-0.2, 0) is 11.2 Å². The maximum absolute atomic E-state index is 11.3. The van der Waals surface area contributed by atoms with E-state index in [4.69, 9.17) is 4.74 Å². The Morgan fingerprint density at radius 1 is 1.30 bits per heavy atom. The molecule has 0 saturated heterocycles. The summed E-state index contributed by atoms with van der Waals surface area (Å²) < 4.78 is 6.72. The minimum atomic E-state index is -0.936. The van der Waals surface area contributed by atoms with Gasteiger partial charge in [0.15, 0.2) is 0 Å². The molecular weight excluding hydrogens is 256 g/mol. The molecule has 0 radical (unpaired) electrons. The van der Waals surface area contributed by atoms with Crippen molar-refractivity contribution in [2.24, 2.45) is 0 Å². The van der Waals surface area contributed by atoms with Crippen LogP contribution >= 0.6 is 0 Å². The minimum absolute atomic E-state index is 0.270. The number of carboxylic acids is 1. The molecule has 1 aromatic heterocycles. The summed E-state index contributed by atoms with van der Waals surface area (Å²) >= 11 is 0. The van der Waals surface area contributed by atoms with Crippen molar-refractivity contribution in [1.29, 1.82) is 0 Å². The second-order valence-electron chi connectivity index (χ2n) is 4.51. The fraction of sp³-hybridized carbons (Fsp3) is 0.333. The van der Waals surface area contributed by atoms with E-state index in [1.165, 1.54) is 6.20 Å². The van der Waals surface area contributed by atoms with Crippen LogP contribution in [0.25, 0.3) is 5.69 Å². The lowest BCUT2D eigenvalue weighted by atomic mass is 10.1. The number of hydrogen-bond donors (Lipinski definition) is 1. The van der Waals surface area contributed by atoms with Crippen LogP contribution in [0.15, 0.2) is 36.5 Å².